The third-order valence-electron chi connectivity index (χ3n) is 2.45. The van der Waals surface area contributed by atoms with Gasteiger partial charge in [-0.2, -0.15) is 0 Å². The Kier molecular flexibility index (Phi) is 5.58. The number of allylic oxidation sites excluding steroid dienone is 1. The Morgan fingerprint density at radius 2 is 1.94 bits per heavy atom. The van der Waals surface area contributed by atoms with Gasteiger partial charge in [-0.1, -0.05) is 43.7 Å². The standard InChI is InChI=1S/C14H20ClN/c1-11(2)16-10-4-5-12(3)13-6-8-14(15)9-7-13/h5-9,11,16H,4,10H2,1-3H3. The monoisotopic (exact) mass is 237 g/mol. The summed E-state index contributed by atoms with van der Waals surface area (Å²) in [6.45, 7) is 7.49. The predicted octanol–water partition coefficient (Wildman–Crippen LogP) is 4.13. The summed E-state index contributed by atoms with van der Waals surface area (Å²) in [5.74, 6) is 0. The van der Waals surface area contributed by atoms with Crippen molar-refractivity contribution in [2.75, 3.05) is 6.54 Å². The van der Waals surface area contributed by atoms with E-state index in [-0.39, 0.29) is 0 Å². The van der Waals surface area contributed by atoms with E-state index in [0.29, 0.717) is 6.04 Å². The maximum absolute atomic E-state index is 5.85. The van der Waals surface area contributed by atoms with Crippen molar-refractivity contribution >= 4 is 17.2 Å². The van der Waals surface area contributed by atoms with Gasteiger partial charge in [0.1, 0.15) is 0 Å². The molecule has 1 aromatic rings. The lowest BCUT2D eigenvalue weighted by atomic mass is 10.1. The van der Waals surface area contributed by atoms with Crippen LogP contribution in [0, 0.1) is 0 Å². The second-order valence-electron chi connectivity index (χ2n) is 4.29. The summed E-state index contributed by atoms with van der Waals surface area (Å²) in [6, 6.07) is 8.54. The molecule has 0 aliphatic rings. The van der Waals surface area contributed by atoms with Crippen LogP contribution in [0.25, 0.3) is 5.57 Å². The summed E-state index contributed by atoms with van der Waals surface area (Å²) in [7, 11) is 0. The number of halogens is 1. The second-order valence-corrected chi connectivity index (χ2v) is 4.73. The predicted molar refractivity (Wildman–Crippen MR) is 72.9 cm³/mol. The van der Waals surface area contributed by atoms with E-state index in [1.165, 1.54) is 11.1 Å². The Labute approximate surface area is 104 Å². The average Bonchev–Trinajstić information content (AvgIpc) is 2.25. The molecule has 1 rings (SSSR count). The van der Waals surface area contributed by atoms with Crippen molar-refractivity contribution in [3.05, 3.63) is 40.9 Å². The van der Waals surface area contributed by atoms with E-state index < -0.39 is 0 Å². The molecule has 0 atom stereocenters. The molecular weight excluding hydrogens is 218 g/mol. The fraction of sp³-hybridized carbons (Fsp3) is 0.429. The molecular formula is C14H20ClN. The van der Waals surface area contributed by atoms with Crippen molar-refractivity contribution in [1.82, 2.24) is 5.32 Å². The molecule has 0 bridgehead atoms. The van der Waals surface area contributed by atoms with Crippen molar-refractivity contribution in [2.45, 2.75) is 33.2 Å². The molecule has 0 aliphatic heterocycles. The molecule has 0 aromatic heterocycles. The van der Waals surface area contributed by atoms with Crippen molar-refractivity contribution in [3.8, 4) is 0 Å². The molecule has 0 fully saturated rings. The summed E-state index contributed by atoms with van der Waals surface area (Å²) in [6.07, 6.45) is 3.32. The van der Waals surface area contributed by atoms with Gasteiger partial charge in [-0.25, -0.2) is 0 Å². The second kappa shape index (κ2) is 6.72. The number of hydrogen-bond donors (Lipinski definition) is 1. The molecule has 2 heteroatoms. The van der Waals surface area contributed by atoms with Gasteiger partial charge >= 0.3 is 0 Å². The Hall–Kier alpha value is -0.790. The van der Waals surface area contributed by atoms with Gasteiger partial charge < -0.3 is 5.32 Å². The maximum Gasteiger partial charge on any atom is 0.0406 e. The van der Waals surface area contributed by atoms with Crippen LogP contribution in [0.15, 0.2) is 30.3 Å². The summed E-state index contributed by atoms with van der Waals surface area (Å²) in [5.41, 5.74) is 2.55. The third kappa shape index (κ3) is 4.82. The molecule has 0 saturated carbocycles. The first-order chi connectivity index (χ1) is 7.59. The van der Waals surface area contributed by atoms with E-state index in [9.17, 15) is 0 Å². The fourth-order valence-corrected chi connectivity index (χ4v) is 1.62. The lowest BCUT2D eigenvalue weighted by Gasteiger charge is -2.06. The van der Waals surface area contributed by atoms with Crippen LogP contribution in [0.1, 0.15) is 32.8 Å². The highest BCUT2D eigenvalue weighted by molar-refractivity contribution is 6.30. The van der Waals surface area contributed by atoms with Crippen LogP contribution in [0.5, 0.6) is 0 Å². The van der Waals surface area contributed by atoms with Gasteiger partial charge in [0, 0.05) is 11.1 Å². The van der Waals surface area contributed by atoms with Gasteiger partial charge in [-0.05, 0) is 43.2 Å². The molecule has 1 N–H and O–H groups in total. The van der Waals surface area contributed by atoms with E-state index in [1.807, 2.05) is 12.1 Å². The highest BCUT2D eigenvalue weighted by Gasteiger charge is 1.95. The topological polar surface area (TPSA) is 12.0 Å². The smallest absolute Gasteiger partial charge is 0.0406 e. The van der Waals surface area contributed by atoms with Gasteiger partial charge in [0.25, 0.3) is 0 Å². The largest absolute Gasteiger partial charge is 0.314 e. The van der Waals surface area contributed by atoms with Gasteiger partial charge in [-0.15, -0.1) is 0 Å². The van der Waals surface area contributed by atoms with Gasteiger partial charge in [0.2, 0.25) is 0 Å². The van der Waals surface area contributed by atoms with E-state index in [0.717, 1.165) is 18.0 Å². The van der Waals surface area contributed by atoms with E-state index in [1.54, 1.807) is 0 Å². The maximum atomic E-state index is 5.85. The normalized spacial score (nSPS) is 12.2. The van der Waals surface area contributed by atoms with Crippen molar-refractivity contribution in [1.29, 1.82) is 0 Å². The minimum Gasteiger partial charge on any atom is -0.314 e. The Balaban J connectivity index is 2.47. The molecule has 0 radical (unpaired) electrons. The minimum absolute atomic E-state index is 0.559. The SMILES string of the molecule is CC(=CCCNC(C)C)c1ccc(Cl)cc1. The molecule has 16 heavy (non-hydrogen) atoms. The summed E-state index contributed by atoms with van der Waals surface area (Å²) < 4.78 is 0. The minimum atomic E-state index is 0.559. The highest BCUT2D eigenvalue weighted by atomic mass is 35.5. The summed E-state index contributed by atoms with van der Waals surface area (Å²) in [4.78, 5) is 0. The molecule has 0 spiro atoms. The van der Waals surface area contributed by atoms with E-state index in [2.05, 4.69) is 44.3 Å². The summed E-state index contributed by atoms with van der Waals surface area (Å²) >= 11 is 5.85. The molecule has 0 saturated heterocycles. The number of rotatable bonds is 5. The molecule has 88 valence electrons. The fourth-order valence-electron chi connectivity index (χ4n) is 1.49. The molecule has 0 heterocycles. The van der Waals surface area contributed by atoms with E-state index >= 15 is 0 Å². The highest BCUT2D eigenvalue weighted by Crippen LogP contribution is 2.17. The first-order valence-corrected chi connectivity index (χ1v) is 6.13. The molecule has 1 aromatic carbocycles. The Morgan fingerprint density at radius 3 is 2.50 bits per heavy atom. The van der Waals surface area contributed by atoms with Crippen LogP contribution in [0.3, 0.4) is 0 Å². The van der Waals surface area contributed by atoms with Crippen LogP contribution in [-0.4, -0.2) is 12.6 Å². The Bertz CT molecular complexity index is 338. The van der Waals surface area contributed by atoms with Crippen LogP contribution < -0.4 is 5.32 Å². The lowest BCUT2D eigenvalue weighted by Crippen LogP contribution is -2.23. The molecule has 0 aliphatic carbocycles. The number of benzene rings is 1. The molecule has 1 nitrogen and oxygen atoms in total. The van der Waals surface area contributed by atoms with Crippen LogP contribution in [0.4, 0.5) is 0 Å². The van der Waals surface area contributed by atoms with E-state index in [4.69, 9.17) is 11.6 Å². The average molecular weight is 238 g/mol. The quantitative estimate of drug-likeness (QED) is 0.760. The molecule has 0 unspecified atom stereocenters. The van der Waals surface area contributed by atoms with Crippen molar-refractivity contribution in [3.63, 3.8) is 0 Å². The first-order valence-electron chi connectivity index (χ1n) is 5.75. The Morgan fingerprint density at radius 1 is 1.31 bits per heavy atom. The molecule has 0 amide bonds. The van der Waals surface area contributed by atoms with Gasteiger partial charge in [0.15, 0.2) is 0 Å². The van der Waals surface area contributed by atoms with Crippen LogP contribution >= 0.6 is 11.6 Å². The van der Waals surface area contributed by atoms with Crippen molar-refractivity contribution < 1.29 is 0 Å². The lowest BCUT2D eigenvalue weighted by molar-refractivity contribution is 0.595. The number of hydrogen-bond acceptors (Lipinski definition) is 1. The number of nitrogens with one attached hydrogen (secondary N) is 1. The third-order valence-corrected chi connectivity index (χ3v) is 2.70. The zero-order valence-electron chi connectivity index (χ0n) is 10.3. The van der Waals surface area contributed by atoms with Crippen LogP contribution in [0.2, 0.25) is 5.02 Å². The van der Waals surface area contributed by atoms with Crippen LogP contribution in [-0.2, 0) is 0 Å². The zero-order chi connectivity index (χ0) is 12.0. The van der Waals surface area contributed by atoms with Gasteiger partial charge in [0.05, 0.1) is 0 Å². The van der Waals surface area contributed by atoms with Crippen molar-refractivity contribution in [2.24, 2.45) is 0 Å². The van der Waals surface area contributed by atoms with Gasteiger partial charge in [-0.3, -0.25) is 0 Å². The summed E-state index contributed by atoms with van der Waals surface area (Å²) in [5, 5.41) is 4.19. The zero-order valence-corrected chi connectivity index (χ0v) is 11.0. The first kappa shape index (κ1) is 13.3.